The van der Waals surface area contributed by atoms with Gasteiger partial charge < -0.3 is 9.80 Å². The van der Waals surface area contributed by atoms with Crippen molar-refractivity contribution in [3.05, 3.63) is 35.4 Å². The predicted octanol–water partition coefficient (Wildman–Crippen LogP) is 2.71. The van der Waals surface area contributed by atoms with Gasteiger partial charge in [0.2, 0.25) is 0 Å². The SMILES string of the molecule is Cc1ccccc1C1CN(C(C)(C)C#N)C(=O)N1C. The van der Waals surface area contributed by atoms with E-state index in [1.165, 1.54) is 5.56 Å². The summed E-state index contributed by atoms with van der Waals surface area (Å²) in [6.07, 6.45) is 0. The Kier molecular flexibility index (Phi) is 3.23. The number of rotatable bonds is 2. The summed E-state index contributed by atoms with van der Waals surface area (Å²) >= 11 is 0. The van der Waals surface area contributed by atoms with Crippen LogP contribution in [0.15, 0.2) is 24.3 Å². The van der Waals surface area contributed by atoms with Gasteiger partial charge in [0.05, 0.1) is 12.1 Å². The van der Waals surface area contributed by atoms with E-state index in [0.29, 0.717) is 6.54 Å². The molecule has 19 heavy (non-hydrogen) atoms. The average molecular weight is 257 g/mol. The highest BCUT2D eigenvalue weighted by Crippen LogP contribution is 2.33. The van der Waals surface area contributed by atoms with Crippen molar-refractivity contribution in [1.29, 1.82) is 5.26 Å². The van der Waals surface area contributed by atoms with Crippen molar-refractivity contribution in [3.8, 4) is 6.07 Å². The molecule has 1 aromatic rings. The zero-order chi connectivity index (χ0) is 14.2. The molecule has 100 valence electrons. The fourth-order valence-electron chi connectivity index (χ4n) is 2.49. The lowest BCUT2D eigenvalue weighted by Gasteiger charge is -2.27. The number of benzene rings is 1. The number of likely N-dealkylation sites (N-methyl/N-ethyl adjacent to an activating group) is 1. The number of urea groups is 1. The second-order valence-electron chi connectivity index (χ2n) is 5.55. The van der Waals surface area contributed by atoms with Gasteiger partial charge in [-0.1, -0.05) is 24.3 Å². The molecular formula is C15H19N3O. The Balaban J connectivity index is 2.35. The summed E-state index contributed by atoms with van der Waals surface area (Å²) in [4.78, 5) is 15.7. The highest BCUT2D eigenvalue weighted by atomic mass is 16.2. The van der Waals surface area contributed by atoms with Crippen LogP contribution in [0.4, 0.5) is 4.79 Å². The maximum absolute atomic E-state index is 12.3. The highest BCUT2D eigenvalue weighted by molar-refractivity contribution is 5.78. The molecule has 2 amide bonds. The maximum Gasteiger partial charge on any atom is 0.321 e. The standard InChI is InChI=1S/C15H19N3O/c1-11-7-5-6-8-12(11)13-9-18(14(19)17(13)4)15(2,3)10-16/h5-8,13H,9H2,1-4H3. The molecule has 1 aliphatic rings. The van der Waals surface area contributed by atoms with Crippen molar-refractivity contribution < 1.29 is 4.79 Å². The second kappa shape index (κ2) is 4.58. The molecule has 0 aromatic heterocycles. The predicted molar refractivity (Wildman–Crippen MR) is 73.5 cm³/mol. The number of hydrogen-bond donors (Lipinski definition) is 0. The lowest BCUT2D eigenvalue weighted by molar-refractivity contribution is 0.172. The first-order chi connectivity index (χ1) is 8.88. The van der Waals surface area contributed by atoms with E-state index in [4.69, 9.17) is 0 Å². The molecule has 1 aliphatic heterocycles. The zero-order valence-electron chi connectivity index (χ0n) is 11.8. The highest BCUT2D eigenvalue weighted by Gasteiger charge is 2.43. The summed E-state index contributed by atoms with van der Waals surface area (Å²) in [6, 6.07) is 10.2. The Morgan fingerprint density at radius 2 is 2.00 bits per heavy atom. The maximum atomic E-state index is 12.3. The van der Waals surface area contributed by atoms with Crippen molar-refractivity contribution in [3.63, 3.8) is 0 Å². The van der Waals surface area contributed by atoms with E-state index in [-0.39, 0.29) is 12.1 Å². The Morgan fingerprint density at radius 1 is 1.37 bits per heavy atom. The third kappa shape index (κ3) is 2.17. The second-order valence-corrected chi connectivity index (χ2v) is 5.55. The van der Waals surface area contributed by atoms with Crippen molar-refractivity contribution in [2.75, 3.05) is 13.6 Å². The van der Waals surface area contributed by atoms with Crippen LogP contribution in [0, 0.1) is 18.3 Å². The van der Waals surface area contributed by atoms with Gasteiger partial charge in [0.1, 0.15) is 5.54 Å². The van der Waals surface area contributed by atoms with Gasteiger partial charge in [-0.15, -0.1) is 0 Å². The van der Waals surface area contributed by atoms with Gasteiger partial charge in [-0.05, 0) is 31.9 Å². The minimum Gasteiger partial charge on any atom is -0.319 e. The Bertz CT molecular complexity index is 545. The van der Waals surface area contributed by atoms with Crippen LogP contribution in [-0.2, 0) is 0 Å². The van der Waals surface area contributed by atoms with Crippen LogP contribution in [0.25, 0.3) is 0 Å². The monoisotopic (exact) mass is 257 g/mol. The van der Waals surface area contributed by atoms with Crippen LogP contribution in [0.2, 0.25) is 0 Å². The summed E-state index contributed by atoms with van der Waals surface area (Å²) in [7, 11) is 1.80. The van der Waals surface area contributed by atoms with Crippen LogP contribution in [0.1, 0.15) is 31.0 Å². The quantitative estimate of drug-likeness (QED) is 0.817. The van der Waals surface area contributed by atoms with Crippen molar-refractivity contribution in [1.82, 2.24) is 9.80 Å². The first kappa shape index (κ1) is 13.4. The normalized spacial score (nSPS) is 19.7. The molecule has 1 aromatic carbocycles. The molecule has 4 nitrogen and oxygen atoms in total. The van der Waals surface area contributed by atoms with Crippen LogP contribution in [0.3, 0.4) is 0 Å². The van der Waals surface area contributed by atoms with E-state index >= 15 is 0 Å². The number of amides is 2. The third-order valence-electron chi connectivity index (χ3n) is 3.85. The first-order valence-electron chi connectivity index (χ1n) is 6.39. The number of aryl methyl sites for hydroxylation is 1. The lowest BCUT2D eigenvalue weighted by Crippen LogP contribution is -2.44. The molecule has 0 N–H and O–H groups in total. The molecule has 1 saturated heterocycles. The number of carbonyl (C=O) groups is 1. The Hall–Kier alpha value is -2.02. The molecule has 4 heteroatoms. The van der Waals surface area contributed by atoms with Crippen LogP contribution in [0.5, 0.6) is 0 Å². The van der Waals surface area contributed by atoms with E-state index in [1.807, 2.05) is 31.2 Å². The molecule has 0 saturated carbocycles. The molecule has 1 fully saturated rings. The van der Waals surface area contributed by atoms with Crippen molar-refractivity contribution in [2.24, 2.45) is 0 Å². The third-order valence-corrected chi connectivity index (χ3v) is 3.85. The lowest BCUT2D eigenvalue weighted by atomic mass is 10.00. The first-order valence-corrected chi connectivity index (χ1v) is 6.39. The van der Waals surface area contributed by atoms with E-state index in [0.717, 1.165) is 5.56 Å². The van der Waals surface area contributed by atoms with Gasteiger partial charge in [0, 0.05) is 13.6 Å². The molecule has 0 radical (unpaired) electrons. The molecule has 1 unspecified atom stereocenters. The molecule has 1 atom stereocenters. The van der Waals surface area contributed by atoms with Gasteiger partial charge in [-0.3, -0.25) is 0 Å². The van der Waals surface area contributed by atoms with Crippen molar-refractivity contribution >= 4 is 6.03 Å². The average Bonchev–Trinajstić information content (AvgIpc) is 2.68. The molecule has 0 aliphatic carbocycles. The summed E-state index contributed by atoms with van der Waals surface area (Å²) in [5.74, 6) is 0. The smallest absolute Gasteiger partial charge is 0.319 e. The minimum absolute atomic E-state index is 0.0151. The zero-order valence-corrected chi connectivity index (χ0v) is 11.8. The van der Waals surface area contributed by atoms with Gasteiger partial charge in [0.15, 0.2) is 0 Å². The van der Waals surface area contributed by atoms with Crippen molar-refractivity contribution in [2.45, 2.75) is 32.4 Å². The van der Waals surface area contributed by atoms with E-state index in [9.17, 15) is 10.1 Å². The number of nitrogens with zero attached hydrogens (tertiary/aromatic N) is 3. The molecule has 1 heterocycles. The summed E-state index contributed by atoms with van der Waals surface area (Å²) in [5.41, 5.74) is 1.54. The van der Waals surface area contributed by atoms with Gasteiger partial charge >= 0.3 is 6.03 Å². The van der Waals surface area contributed by atoms with Gasteiger partial charge in [-0.25, -0.2) is 4.79 Å². The fourth-order valence-corrected chi connectivity index (χ4v) is 2.49. The molecule has 0 spiro atoms. The van der Waals surface area contributed by atoms with Gasteiger partial charge in [-0.2, -0.15) is 5.26 Å². The topological polar surface area (TPSA) is 47.3 Å². The molecular weight excluding hydrogens is 238 g/mol. The van der Waals surface area contributed by atoms with Crippen LogP contribution in [-0.4, -0.2) is 35.0 Å². The Morgan fingerprint density at radius 3 is 2.58 bits per heavy atom. The summed E-state index contributed by atoms with van der Waals surface area (Å²) in [5, 5.41) is 9.21. The summed E-state index contributed by atoms with van der Waals surface area (Å²) in [6.45, 7) is 6.16. The van der Waals surface area contributed by atoms with E-state index in [1.54, 1.807) is 30.7 Å². The number of nitriles is 1. The van der Waals surface area contributed by atoms with Gasteiger partial charge in [0.25, 0.3) is 0 Å². The van der Waals surface area contributed by atoms with Crippen LogP contribution < -0.4 is 0 Å². The number of carbonyl (C=O) groups excluding carboxylic acids is 1. The van der Waals surface area contributed by atoms with E-state index < -0.39 is 5.54 Å². The minimum atomic E-state index is -0.775. The molecule has 2 rings (SSSR count). The fraction of sp³-hybridized carbons (Fsp3) is 0.467. The number of hydrogen-bond acceptors (Lipinski definition) is 2. The largest absolute Gasteiger partial charge is 0.321 e. The summed E-state index contributed by atoms with van der Waals surface area (Å²) < 4.78 is 0. The molecule has 0 bridgehead atoms. The Labute approximate surface area is 114 Å². The van der Waals surface area contributed by atoms with Crippen LogP contribution >= 0.6 is 0 Å². The van der Waals surface area contributed by atoms with E-state index in [2.05, 4.69) is 6.07 Å².